The van der Waals surface area contributed by atoms with Crippen LogP contribution in [0.1, 0.15) is 37.7 Å². The zero-order chi connectivity index (χ0) is 18.9. The number of piperidine rings is 1. The fraction of sp³-hybridized carbons (Fsp3) is 0.619. The topological polar surface area (TPSA) is 49.9 Å². The van der Waals surface area contributed by atoms with Crippen LogP contribution in [0.2, 0.25) is 0 Å². The van der Waals surface area contributed by atoms with Gasteiger partial charge in [0.15, 0.2) is 0 Å². The predicted molar refractivity (Wildman–Crippen MR) is 106 cm³/mol. The molecule has 2 aliphatic heterocycles. The van der Waals surface area contributed by atoms with Crippen molar-refractivity contribution in [3.05, 3.63) is 34.3 Å². The maximum atomic E-state index is 13.4. The summed E-state index contributed by atoms with van der Waals surface area (Å²) in [5.74, 6) is 0.558. The van der Waals surface area contributed by atoms with Crippen LogP contribution in [-0.4, -0.2) is 61.0 Å². The maximum absolute atomic E-state index is 13.4. The molecule has 0 radical (unpaired) electrons. The lowest BCUT2D eigenvalue weighted by Crippen LogP contribution is -2.54. The second kappa shape index (κ2) is 7.92. The van der Waals surface area contributed by atoms with E-state index < -0.39 is 0 Å². The Hall–Kier alpha value is -1.40. The van der Waals surface area contributed by atoms with E-state index in [4.69, 9.17) is 4.74 Å². The molecule has 0 spiro atoms. The Kier molecular flexibility index (Phi) is 5.55. The normalized spacial score (nSPS) is 23.0. The second-order valence-electron chi connectivity index (χ2n) is 7.95. The first-order valence-corrected chi connectivity index (χ1v) is 10.8. The van der Waals surface area contributed by atoms with Gasteiger partial charge in [-0.25, -0.2) is 0 Å². The minimum absolute atomic E-state index is 0.0529. The molecule has 0 aromatic heterocycles. The average molecular weight is 435 g/mol. The lowest BCUT2D eigenvalue weighted by Gasteiger charge is -2.45. The molecule has 0 atom stereocenters. The standard InChI is InChI=1S/C21H27BrN2O3/c22-18-4-2-17(3-5-18)21(8-1-9-21)20(26)24-10-6-16(7-11-24)19(25)23-12-14-27-15-13-23/h2-5,16H,1,6-15H2. The SMILES string of the molecule is O=C(C1CCN(C(=O)C2(c3ccc(Br)cc3)CCC2)CC1)N1CCOCC1. The molecule has 1 aromatic rings. The molecule has 2 saturated heterocycles. The summed E-state index contributed by atoms with van der Waals surface area (Å²) in [7, 11) is 0. The molecule has 2 amide bonds. The Labute approximate surface area is 169 Å². The number of benzene rings is 1. The van der Waals surface area contributed by atoms with Crippen LogP contribution in [0, 0.1) is 5.92 Å². The van der Waals surface area contributed by atoms with Crippen molar-refractivity contribution >= 4 is 27.7 Å². The third kappa shape index (κ3) is 3.66. The van der Waals surface area contributed by atoms with Crippen LogP contribution >= 0.6 is 15.9 Å². The summed E-state index contributed by atoms with van der Waals surface area (Å²) in [5.41, 5.74) is 0.787. The number of likely N-dealkylation sites (tertiary alicyclic amines) is 1. The quantitative estimate of drug-likeness (QED) is 0.734. The van der Waals surface area contributed by atoms with E-state index in [9.17, 15) is 9.59 Å². The van der Waals surface area contributed by atoms with Crippen molar-refractivity contribution < 1.29 is 14.3 Å². The van der Waals surface area contributed by atoms with E-state index in [0.29, 0.717) is 39.4 Å². The highest BCUT2D eigenvalue weighted by molar-refractivity contribution is 9.10. The highest BCUT2D eigenvalue weighted by atomic mass is 79.9. The zero-order valence-corrected chi connectivity index (χ0v) is 17.2. The Morgan fingerprint density at radius 2 is 1.59 bits per heavy atom. The number of amides is 2. The van der Waals surface area contributed by atoms with Gasteiger partial charge in [0.2, 0.25) is 11.8 Å². The van der Waals surface area contributed by atoms with E-state index in [1.165, 1.54) is 0 Å². The molecular formula is C21H27BrN2O3. The first-order chi connectivity index (χ1) is 13.1. The first kappa shape index (κ1) is 18.9. The molecule has 0 N–H and O–H groups in total. The van der Waals surface area contributed by atoms with Crippen molar-refractivity contribution in [1.82, 2.24) is 9.80 Å². The molecule has 3 fully saturated rings. The van der Waals surface area contributed by atoms with E-state index in [1.807, 2.05) is 21.9 Å². The van der Waals surface area contributed by atoms with Crippen LogP contribution in [-0.2, 0) is 19.7 Å². The Morgan fingerprint density at radius 3 is 2.15 bits per heavy atom. The van der Waals surface area contributed by atoms with Crippen molar-refractivity contribution in [2.45, 2.75) is 37.5 Å². The summed E-state index contributed by atoms with van der Waals surface area (Å²) >= 11 is 3.48. The molecule has 4 rings (SSSR count). The van der Waals surface area contributed by atoms with E-state index in [-0.39, 0.29) is 23.1 Å². The van der Waals surface area contributed by atoms with Crippen molar-refractivity contribution in [3.63, 3.8) is 0 Å². The summed E-state index contributed by atoms with van der Waals surface area (Å²) in [6.07, 6.45) is 4.52. The maximum Gasteiger partial charge on any atom is 0.233 e. The molecule has 6 heteroatoms. The number of halogens is 1. The molecular weight excluding hydrogens is 408 g/mol. The molecule has 0 unspecified atom stereocenters. The van der Waals surface area contributed by atoms with Crippen LogP contribution in [0.3, 0.4) is 0 Å². The van der Waals surface area contributed by atoms with Crippen molar-refractivity contribution in [3.8, 4) is 0 Å². The second-order valence-corrected chi connectivity index (χ2v) is 8.86. The number of carbonyl (C=O) groups excluding carboxylic acids is 2. The van der Waals surface area contributed by atoms with E-state index in [2.05, 4.69) is 28.1 Å². The zero-order valence-electron chi connectivity index (χ0n) is 15.7. The number of hydrogen-bond donors (Lipinski definition) is 0. The molecule has 27 heavy (non-hydrogen) atoms. The van der Waals surface area contributed by atoms with Crippen molar-refractivity contribution in [2.24, 2.45) is 5.92 Å². The lowest BCUT2D eigenvalue weighted by atomic mass is 9.63. The third-order valence-electron chi connectivity index (χ3n) is 6.47. The molecule has 1 aromatic carbocycles. The number of hydrogen-bond acceptors (Lipinski definition) is 3. The van der Waals surface area contributed by atoms with Crippen LogP contribution in [0.4, 0.5) is 0 Å². The van der Waals surface area contributed by atoms with Gasteiger partial charge in [-0.15, -0.1) is 0 Å². The number of rotatable bonds is 3. The summed E-state index contributed by atoms with van der Waals surface area (Å²) in [5, 5.41) is 0. The molecule has 2 heterocycles. The van der Waals surface area contributed by atoms with Gasteiger partial charge in [0, 0.05) is 36.6 Å². The Bertz CT molecular complexity index is 688. The summed E-state index contributed by atoms with van der Waals surface area (Å²) in [4.78, 5) is 30.0. The van der Waals surface area contributed by atoms with Gasteiger partial charge in [-0.3, -0.25) is 9.59 Å². The Balaban J connectivity index is 1.39. The van der Waals surface area contributed by atoms with Crippen molar-refractivity contribution in [2.75, 3.05) is 39.4 Å². The van der Waals surface area contributed by atoms with E-state index in [0.717, 1.165) is 42.1 Å². The van der Waals surface area contributed by atoms with Crippen LogP contribution in [0.5, 0.6) is 0 Å². The van der Waals surface area contributed by atoms with Gasteiger partial charge in [0.25, 0.3) is 0 Å². The minimum atomic E-state index is -0.345. The molecule has 0 bridgehead atoms. The summed E-state index contributed by atoms with van der Waals surface area (Å²) in [6.45, 7) is 4.06. The van der Waals surface area contributed by atoms with Gasteiger partial charge in [0.1, 0.15) is 0 Å². The monoisotopic (exact) mass is 434 g/mol. The molecule has 1 aliphatic carbocycles. The van der Waals surface area contributed by atoms with Gasteiger partial charge in [-0.05, 0) is 43.4 Å². The molecule has 3 aliphatic rings. The smallest absolute Gasteiger partial charge is 0.233 e. The van der Waals surface area contributed by atoms with Gasteiger partial charge in [-0.1, -0.05) is 34.5 Å². The highest BCUT2D eigenvalue weighted by Gasteiger charge is 2.48. The molecule has 1 saturated carbocycles. The van der Waals surface area contributed by atoms with Gasteiger partial charge in [-0.2, -0.15) is 0 Å². The minimum Gasteiger partial charge on any atom is -0.378 e. The average Bonchev–Trinajstić information content (AvgIpc) is 2.69. The number of nitrogens with zero attached hydrogens (tertiary/aromatic N) is 2. The van der Waals surface area contributed by atoms with Crippen LogP contribution < -0.4 is 0 Å². The highest BCUT2D eigenvalue weighted by Crippen LogP contribution is 2.46. The number of ether oxygens (including phenoxy) is 1. The van der Waals surface area contributed by atoms with E-state index >= 15 is 0 Å². The number of carbonyl (C=O) groups is 2. The fourth-order valence-electron chi connectivity index (χ4n) is 4.60. The van der Waals surface area contributed by atoms with E-state index in [1.54, 1.807) is 0 Å². The van der Waals surface area contributed by atoms with Gasteiger partial charge >= 0.3 is 0 Å². The predicted octanol–water partition coefficient (Wildman–Crippen LogP) is 2.97. The van der Waals surface area contributed by atoms with Crippen LogP contribution in [0.25, 0.3) is 0 Å². The van der Waals surface area contributed by atoms with Gasteiger partial charge < -0.3 is 14.5 Å². The first-order valence-electron chi connectivity index (χ1n) is 10.0. The summed E-state index contributed by atoms with van der Waals surface area (Å²) < 4.78 is 6.38. The number of morpholine rings is 1. The largest absolute Gasteiger partial charge is 0.378 e. The fourth-order valence-corrected chi connectivity index (χ4v) is 4.86. The Morgan fingerprint density at radius 1 is 0.963 bits per heavy atom. The molecule has 146 valence electrons. The van der Waals surface area contributed by atoms with Crippen LogP contribution in [0.15, 0.2) is 28.7 Å². The molecule has 5 nitrogen and oxygen atoms in total. The lowest BCUT2D eigenvalue weighted by molar-refractivity contribution is -0.147. The third-order valence-corrected chi connectivity index (χ3v) is 7.00. The van der Waals surface area contributed by atoms with Crippen molar-refractivity contribution in [1.29, 1.82) is 0 Å². The summed E-state index contributed by atoms with van der Waals surface area (Å²) in [6, 6.07) is 8.21. The van der Waals surface area contributed by atoms with Gasteiger partial charge in [0.05, 0.1) is 18.6 Å².